The predicted octanol–water partition coefficient (Wildman–Crippen LogP) is 4.32. The molecule has 0 saturated heterocycles. The van der Waals surface area contributed by atoms with E-state index in [4.69, 9.17) is 4.74 Å². The van der Waals surface area contributed by atoms with E-state index in [1.165, 1.54) is 11.3 Å². The lowest BCUT2D eigenvalue weighted by Gasteiger charge is -2.09. The van der Waals surface area contributed by atoms with E-state index < -0.39 is 0 Å². The van der Waals surface area contributed by atoms with Gasteiger partial charge in [-0.15, -0.1) is 11.3 Å². The summed E-state index contributed by atoms with van der Waals surface area (Å²) in [5.74, 6) is 0.563. The van der Waals surface area contributed by atoms with E-state index in [2.05, 4.69) is 15.3 Å². The first-order valence-corrected chi connectivity index (χ1v) is 9.56. The monoisotopic (exact) mass is 390 g/mol. The van der Waals surface area contributed by atoms with Crippen molar-refractivity contribution < 1.29 is 9.53 Å². The Kier molecular flexibility index (Phi) is 5.16. The Morgan fingerprint density at radius 1 is 1.18 bits per heavy atom. The number of benzene rings is 2. The molecule has 0 radical (unpaired) electrons. The Morgan fingerprint density at radius 2 is 2.00 bits per heavy atom. The topological polar surface area (TPSA) is 69.0 Å². The van der Waals surface area contributed by atoms with Crippen LogP contribution in [0.3, 0.4) is 0 Å². The van der Waals surface area contributed by atoms with Crippen molar-refractivity contribution >= 4 is 22.4 Å². The number of aromatic nitrogens is 3. The lowest BCUT2D eigenvalue weighted by molar-refractivity contribution is 0.102. The summed E-state index contributed by atoms with van der Waals surface area (Å²) < 4.78 is 7.32. The van der Waals surface area contributed by atoms with Crippen molar-refractivity contribution in [3.63, 3.8) is 0 Å². The minimum atomic E-state index is -0.184. The second kappa shape index (κ2) is 8.06. The smallest absolute Gasteiger partial charge is 0.257 e. The highest BCUT2D eigenvalue weighted by atomic mass is 32.1. The summed E-state index contributed by atoms with van der Waals surface area (Å²) >= 11 is 1.38. The van der Waals surface area contributed by atoms with Gasteiger partial charge in [-0.3, -0.25) is 10.1 Å². The number of amides is 1. The van der Waals surface area contributed by atoms with E-state index in [9.17, 15) is 4.79 Å². The maximum Gasteiger partial charge on any atom is 0.257 e. The largest absolute Gasteiger partial charge is 0.496 e. The summed E-state index contributed by atoms with van der Waals surface area (Å²) in [5.41, 5.74) is 3.19. The molecule has 7 heteroatoms. The number of nitrogens with zero attached hydrogens (tertiary/aromatic N) is 3. The summed E-state index contributed by atoms with van der Waals surface area (Å²) in [6.07, 6.45) is 5.32. The van der Waals surface area contributed by atoms with Crippen LogP contribution >= 0.6 is 11.3 Å². The molecule has 1 amide bonds. The summed E-state index contributed by atoms with van der Waals surface area (Å²) in [5, 5.41) is 5.36. The van der Waals surface area contributed by atoms with E-state index in [1.807, 2.05) is 64.7 Å². The van der Waals surface area contributed by atoms with Crippen LogP contribution < -0.4 is 10.1 Å². The third-order valence-electron chi connectivity index (χ3n) is 4.28. The third-order valence-corrected chi connectivity index (χ3v) is 5.04. The first kappa shape index (κ1) is 17.9. The summed E-state index contributed by atoms with van der Waals surface area (Å²) in [6.45, 7) is 0.577. The molecule has 0 atom stereocenters. The van der Waals surface area contributed by atoms with Crippen molar-refractivity contribution in [1.29, 1.82) is 0 Å². The molecule has 6 nitrogen and oxygen atoms in total. The Balaban J connectivity index is 1.55. The van der Waals surface area contributed by atoms with Gasteiger partial charge >= 0.3 is 0 Å². The molecule has 0 bridgehead atoms. The van der Waals surface area contributed by atoms with Crippen LogP contribution in [-0.2, 0) is 6.54 Å². The number of hydrogen-bond donors (Lipinski definition) is 1. The number of hydrogen-bond acceptors (Lipinski definition) is 5. The van der Waals surface area contributed by atoms with Gasteiger partial charge in [0, 0.05) is 35.4 Å². The maximum atomic E-state index is 12.8. The highest BCUT2D eigenvalue weighted by molar-refractivity contribution is 7.14. The highest BCUT2D eigenvalue weighted by Gasteiger charge is 2.15. The van der Waals surface area contributed by atoms with Crippen LogP contribution in [0.4, 0.5) is 5.13 Å². The van der Waals surface area contributed by atoms with E-state index in [1.54, 1.807) is 19.6 Å². The number of carbonyl (C=O) groups excluding carboxylic acids is 1. The normalized spacial score (nSPS) is 10.6. The van der Waals surface area contributed by atoms with Crippen LogP contribution in [0.25, 0.3) is 11.3 Å². The molecular formula is C21H18N4O2S. The van der Waals surface area contributed by atoms with E-state index in [0.29, 0.717) is 17.2 Å². The molecule has 0 unspecified atom stereocenters. The Hall–Kier alpha value is -3.45. The van der Waals surface area contributed by atoms with Crippen LogP contribution in [0.15, 0.2) is 72.6 Å². The Bertz CT molecular complexity index is 1090. The number of methoxy groups -OCH3 is 1. The first-order valence-electron chi connectivity index (χ1n) is 8.68. The van der Waals surface area contributed by atoms with Crippen molar-refractivity contribution in [2.45, 2.75) is 6.54 Å². The van der Waals surface area contributed by atoms with E-state index >= 15 is 0 Å². The molecule has 0 fully saturated rings. The molecular weight excluding hydrogens is 372 g/mol. The van der Waals surface area contributed by atoms with Gasteiger partial charge in [-0.2, -0.15) is 0 Å². The molecule has 2 aromatic carbocycles. The average Bonchev–Trinajstić information content (AvgIpc) is 3.40. The van der Waals surface area contributed by atoms with Crippen molar-refractivity contribution in [2.75, 3.05) is 12.4 Å². The molecule has 4 aromatic rings. The van der Waals surface area contributed by atoms with Gasteiger partial charge in [0.25, 0.3) is 5.91 Å². The second-order valence-electron chi connectivity index (χ2n) is 6.08. The summed E-state index contributed by atoms with van der Waals surface area (Å²) in [6, 6.07) is 15.2. The van der Waals surface area contributed by atoms with Gasteiger partial charge in [0.15, 0.2) is 5.13 Å². The lowest BCUT2D eigenvalue weighted by Crippen LogP contribution is -2.15. The predicted molar refractivity (Wildman–Crippen MR) is 110 cm³/mol. The van der Waals surface area contributed by atoms with Gasteiger partial charge in [0.1, 0.15) is 5.75 Å². The van der Waals surface area contributed by atoms with Gasteiger partial charge in [-0.05, 0) is 23.8 Å². The van der Waals surface area contributed by atoms with Crippen molar-refractivity contribution in [1.82, 2.24) is 14.5 Å². The van der Waals surface area contributed by atoms with Gasteiger partial charge in [-0.1, -0.05) is 30.3 Å². The molecule has 4 rings (SSSR count). The number of carbonyl (C=O) groups is 1. The zero-order chi connectivity index (χ0) is 19.3. The SMILES string of the molecule is COc1ccccc1-c1csc(NC(=O)c2ccccc2Cn2ccnc2)n1. The summed E-state index contributed by atoms with van der Waals surface area (Å²) in [7, 11) is 1.63. The van der Waals surface area contributed by atoms with Crippen LogP contribution in [0.1, 0.15) is 15.9 Å². The molecule has 0 aliphatic carbocycles. The van der Waals surface area contributed by atoms with Crippen molar-refractivity contribution in [3.8, 4) is 17.0 Å². The zero-order valence-corrected chi connectivity index (χ0v) is 16.0. The van der Waals surface area contributed by atoms with E-state index in [-0.39, 0.29) is 5.91 Å². The molecule has 2 aromatic heterocycles. The van der Waals surface area contributed by atoms with Gasteiger partial charge in [0.2, 0.25) is 0 Å². The van der Waals surface area contributed by atoms with E-state index in [0.717, 1.165) is 22.6 Å². The molecule has 140 valence electrons. The Labute approximate surface area is 166 Å². The standard InChI is InChI=1S/C21H18N4O2S/c1-27-19-9-5-4-8-17(19)18-13-28-21(23-18)24-20(26)16-7-3-2-6-15(16)12-25-11-10-22-14-25/h2-11,13-14H,12H2,1H3,(H,23,24,26). The molecule has 0 spiro atoms. The minimum Gasteiger partial charge on any atom is -0.496 e. The van der Waals surface area contributed by atoms with Gasteiger partial charge in [-0.25, -0.2) is 9.97 Å². The number of ether oxygens (including phenoxy) is 1. The Morgan fingerprint density at radius 3 is 2.82 bits per heavy atom. The molecule has 0 aliphatic heterocycles. The van der Waals surface area contributed by atoms with Crippen LogP contribution in [0, 0.1) is 0 Å². The maximum absolute atomic E-state index is 12.8. The van der Waals surface area contributed by atoms with Gasteiger partial charge < -0.3 is 9.30 Å². The molecule has 2 heterocycles. The van der Waals surface area contributed by atoms with Crippen LogP contribution in [-0.4, -0.2) is 27.6 Å². The van der Waals surface area contributed by atoms with Crippen molar-refractivity contribution in [2.24, 2.45) is 0 Å². The van der Waals surface area contributed by atoms with Crippen LogP contribution in [0.5, 0.6) is 5.75 Å². The van der Waals surface area contributed by atoms with Gasteiger partial charge in [0.05, 0.1) is 19.1 Å². The first-order chi connectivity index (χ1) is 13.7. The quantitative estimate of drug-likeness (QED) is 0.532. The average molecular weight is 390 g/mol. The number of para-hydroxylation sites is 1. The molecule has 0 aliphatic rings. The summed E-state index contributed by atoms with van der Waals surface area (Å²) in [4.78, 5) is 21.4. The number of thiazole rings is 1. The molecule has 1 N–H and O–H groups in total. The number of rotatable bonds is 6. The highest BCUT2D eigenvalue weighted by Crippen LogP contribution is 2.32. The molecule has 0 saturated carbocycles. The molecule has 28 heavy (non-hydrogen) atoms. The fourth-order valence-electron chi connectivity index (χ4n) is 2.93. The second-order valence-corrected chi connectivity index (χ2v) is 6.94. The third kappa shape index (κ3) is 3.79. The van der Waals surface area contributed by atoms with Crippen LogP contribution in [0.2, 0.25) is 0 Å². The number of anilines is 1. The van der Waals surface area contributed by atoms with Crippen molar-refractivity contribution in [3.05, 3.63) is 83.8 Å². The minimum absolute atomic E-state index is 0.184. The fraction of sp³-hybridized carbons (Fsp3) is 0.0952. The zero-order valence-electron chi connectivity index (χ0n) is 15.2. The lowest BCUT2D eigenvalue weighted by atomic mass is 10.1. The number of imidazole rings is 1. The fourth-order valence-corrected chi connectivity index (χ4v) is 3.64. The number of nitrogens with one attached hydrogen (secondary N) is 1.